The molecule has 0 amide bonds. The number of rotatable bonds is 71. The number of carbonyl (C=O) groups is 4. The van der Waals surface area contributed by atoms with Crippen molar-refractivity contribution in [2.24, 2.45) is 0 Å². The summed E-state index contributed by atoms with van der Waals surface area (Å²) in [4.78, 5) is 72.9. The predicted octanol–water partition coefficient (Wildman–Crippen LogP) is 22.8. The molecule has 19 heteroatoms. The zero-order valence-electron chi connectivity index (χ0n) is 64.1. The molecule has 0 aromatic rings. The number of aliphatic hydroxyl groups is 1. The summed E-state index contributed by atoms with van der Waals surface area (Å²) in [6.07, 6.45) is 90.6. The number of carbonyl (C=O) groups excluding carboxylic acids is 4. The van der Waals surface area contributed by atoms with Crippen molar-refractivity contribution < 1.29 is 80.2 Å². The molecule has 0 fully saturated rings. The molecule has 0 rings (SSSR count). The minimum atomic E-state index is -5.02. The van der Waals surface area contributed by atoms with Crippen molar-refractivity contribution in [3.05, 3.63) is 182 Å². The predicted molar refractivity (Wildman–Crippen MR) is 426 cm³/mol. The van der Waals surface area contributed by atoms with Gasteiger partial charge >= 0.3 is 39.5 Å². The van der Waals surface area contributed by atoms with Gasteiger partial charge in [-0.05, 0) is 154 Å². The van der Waals surface area contributed by atoms with Crippen LogP contribution in [0.4, 0.5) is 0 Å². The highest BCUT2D eigenvalue weighted by molar-refractivity contribution is 7.47. The van der Waals surface area contributed by atoms with Gasteiger partial charge in [-0.25, -0.2) is 9.13 Å². The van der Waals surface area contributed by atoms with E-state index in [1.165, 1.54) is 38.5 Å². The molecule has 0 aromatic carbocycles. The van der Waals surface area contributed by atoms with Crippen molar-refractivity contribution in [3.8, 4) is 0 Å². The third kappa shape index (κ3) is 74.4. The van der Waals surface area contributed by atoms with Gasteiger partial charge in [0.05, 0.1) is 32.8 Å². The summed E-state index contributed by atoms with van der Waals surface area (Å²) in [7, 11) is -10.0. The Morgan fingerprint density at radius 3 is 0.904 bits per heavy atom. The smallest absolute Gasteiger partial charge is 0.462 e. The Balaban J connectivity index is 5.52. The van der Waals surface area contributed by atoms with E-state index in [-0.39, 0.29) is 25.7 Å². The molecule has 0 aromatic heterocycles. The normalized spacial score (nSPS) is 14.9. The average molecular weight is 1490 g/mol. The van der Waals surface area contributed by atoms with Gasteiger partial charge in [-0.15, -0.1) is 0 Å². The van der Waals surface area contributed by atoms with Gasteiger partial charge in [0.25, 0.3) is 0 Å². The zero-order valence-corrected chi connectivity index (χ0v) is 65.9. The molecule has 0 saturated heterocycles. The van der Waals surface area contributed by atoms with E-state index in [9.17, 15) is 43.2 Å². The molecule has 5 unspecified atom stereocenters. The first kappa shape index (κ1) is 98.2. The van der Waals surface area contributed by atoms with Gasteiger partial charge < -0.3 is 33.8 Å². The van der Waals surface area contributed by atoms with Gasteiger partial charge in [0, 0.05) is 19.3 Å². The summed E-state index contributed by atoms with van der Waals surface area (Å²) in [6, 6.07) is 0. The first-order valence-electron chi connectivity index (χ1n) is 39.0. The van der Waals surface area contributed by atoms with E-state index >= 15 is 0 Å². The molecule has 0 spiro atoms. The van der Waals surface area contributed by atoms with E-state index in [1.54, 1.807) is 12.2 Å². The average Bonchev–Trinajstić information content (AvgIpc) is 0.937. The van der Waals surface area contributed by atoms with E-state index < -0.39 is 97.5 Å². The fourth-order valence-corrected chi connectivity index (χ4v) is 11.1. The first-order valence-corrected chi connectivity index (χ1v) is 42.0. The third-order valence-corrected chi connectivity index (χ3v) is 17.3. The highest BCUT2D eigenvalue weighted by atomic mass is 31.2. The van der Waals surface area contributed by atoms with Gasteiger partial charge in [-0.3, -0.25) is 37.3 Å². The second kappa shape index (κ2) is 75.4. The number of allylic oxidation sites excluding steroid dienone is 29. The lowest BCUT2D eigenvalue weighted by Crippen LogP contribution is -2.30. The standard InChI is InChI=1S/C85H136O17P2/c1-5-9-13-17-21-25-29-33-37-39-43-45-49-53-57-61-65-69-82(87)95-75-80(101-84(89)71-67-63-59-55-51-47-41-35-31-27-23-19-15-11-7-3)77-99-103(91,92)97-73-79(86)74-98-104(93,94)100-78-81(102-85(90)72-68-64-60-56-52-48-42-36-32-28-24-20-16-12-8-4)76-96-83(88)70-66-62-58-54-50-46-44-40-38-34-30-26-22-18-14-10-6-2/h9-11,13-15,21-23,25-27,33-38,41-46,51,54-55,58,63,67,79-81,86H,5-8,12,16-20,24,28-32,39-40,47-50,52-53,56-57,59-62,64-66,68-78H2,1-4H3,(H,91,92)(H,93,94)/b13-9-,14-10-,15-11-,25-21-,26-22-,27-23-,37-33-,38-34-,41-35-,42-36-,45-43-,46-44-,55-51-,58-54-,67-63-. The van der Waals surface area contributed by atoms with E-state index in [0.717, 1.165) is 148 Å². The Morgan fingerprint density at radius 1 is 0.288 bits per heavy atom. The topological polar surface area (TPSA) is 237 Å². The van der Waals surface area contributed by atoms with Crippen molar-refractivity contribution >= 4 is 39.5 Å². The van der Waals surface area contributed by atoms with Gasteiger partial charge in [0.15, 0.2) is 12.2 Å². The zero-order chi connectivity index (χ0) is 76.0. The fourth-order valence-electron chi connectivity index (χ4n) is 9.55. The van der Waals surface area contributed by atoms with Gasteiger partial charge in [-0.2, -0.15) is 0 Å². The molecule has 0 aliphatic heterocycles. The van der Waals surface area contributed by atoms with Crippen molar-refractivity contribution in [2.75, 3.05) is 39.6 Å². The molecule has 104 heavy (non-hydrogen) atoms. The van der Waals surface area contributed by atoms with E-state index in [4.69, 9.17) is 37.0 Å². The minimum absolute atomic E-state index is 0.0636. The molecule has 0 radical (unpaired) electrons. The van der Waals surface area contributed by atoms with Crippen LogP contribution in [0.3, 0.4) is 0 Å². The summed E-state index contributed by atoms with van der Waals surface area (Å²) in [5.74, 6) is -2.45. The number of esters is 4. The summed E-state index contributed by atoms with van der Waals surface area (Å²) in [5.41, 5.74) is 0. The number of unbranched alkanes of at least 4 members (excludes halogenated alkanes) is 16. The number of phosphoric acid groups is 2. The summed E-state index contributed by atoms with van der Waals surface area (Å²) >= 11 is 0. The monoisotopic (exact) mass is 1490 g/mol. The number of hydrogen-bond donors (Lipinski definition) is 3. The van der Waals surface area contributed by atoms with Crippen LogP contribution in [0.5, 0.6) is 0 Å². The molecule has 0 heterocycles. The molecule has 588 valence electrons. The Bertz CT molecular complexity index is 2690. The lowest BCUT2D eigenvalue weighted by Gasteiger charge is -2.21. The van der Waals surface area contributed by atoms with Crippen LogP contribution >= 0.6 is 15.6 Å². The Morgan fingerprint density at radius 2 is 0.548 bits per heavy atom. The SMILES string of the molecule is CC/C=C\C/C=C\C/C=C\C/C=C\C/C=C\CCCC(=O)OCC(COP(=O)(O)OCC(O)COP(=O)(O)OCC(COC(=O)CCCCCC/C=C\C/C=C\C/C=C\C/C=C\CC)OC(=O)C/C=C\C/C=C\C/C=C\C/C=C\C/C=C\CC)OC(=O)CCCCCCC/C=C\CCCCCCCC. The molecule has 0 aliphatic rings. The number of phosphoric ester groups is 2. The van der Waals surface area contributed by atoms with Gasteiger partial charge in [0.1, 0.15) is 19.3 Å². The van der Waals surface area contributed by atoms with Crippen LogP contribution in [-0.4, -0.2) is 96.7 Å². The van der Waals surface area contributed by atoms with Crippen LogP contribution in [0.1, 0.15) is 272 Å². The first-order chi connectivity index (χ1) is 50.7. The lowest BCUT2D eigenvalue weighted by molar-refractivity contribution is -0.161. The van der Waals surface area contributed by atoms with Crippen LogP contribution < -0.4 is 0 Å². The fraction of sp³-hybridized carbons (Fsp3) is 0.600. The number of hydrogen-bond acceptors (Lipinski definition) is 15. The van der Waals surface area contributed by atoms with Crippen LogP contribution in [-0.2, 0) is 65.4 Å². The molecular weight excluding hydrogens is 1350 g/mol. The van der Waals surface area contributed by atoms with Crippen molar-refractivity contribution in [3.63, 3.8) is 0 Å². The van der Waals surface area contributed by atoms with Crippen LogP contribution in [0.2, 0.25) is 0 Å². The molecule has 5 atom stereocenters. The lowest BCUT2D eigenvalue weighted by atomic mass is 10.1. The minimum Gasteiger partial charge on any atom is -0.462 e. The molecular formula is C85H136O17P2. The highest BCUT2D eigenvalue weighted by Crippen LogP contribution is 2.45. The maximum absolute atomic E-state index is 13.1. The Hall–Kier alpha value is -5.84. The third-order valence-electron chi connectivity index (χ3n) is 15.4. The quantitative estimate of drug-likeness (QED) is 0.0169. The van der Waals surface area contributed by atoms with E-state index in [1.807, 2.05) is 24.3 Å². The Kier molecular flexibility index (Phi) is 71.2. The van der Waals surface area contributed by atoms with Gasteiger partial charge in [-0.1, -0.05) is 274 Å². The summed E-state index contributed by atoms with van der Waals surface area (Å²) < 4.78 is 68.3. The highest BCUT2D eigenvalue weighted by Gasteiger charge is 2.30. The van der Waals surface area contributed by atoms with Crippen molar-refractivity contribution in [2.45, 2.75) is 290 Å². The maximum atomic E-state index is 13.1. The Labute approximate surface area is 628 Å². The molecule has 3 N–H and O–H groups in total. The van der Waals surface area contributed by atoms with Crippen LogP contribution in [0.25, 0.3) is 0 Å². The summed E-state index contributed by atoms with van der Waals surface area (Å²) in [5, 5.41) is 10.6. The van der Waals surface area contributed by atoms with E-state index in [2.05, 4.69) is 174 Å². The summed E-state index contributed by atoms with van der Waals surface area (Å²) in [6.45, 7) is 4.28. The van der Waals surface area contributed by atoms with Crippen LogP contribution in [0.15, 0.2) is 182 Å². The molecule has 0 aliphatic carbocycles. The second-order valence-electron chi connectivity index (χ2n) is 25.2. The van der Waals surface area contributed by atoms with Crippen molar-refractivity contribution in [1.82, 2.24) is 0 Å². The van der Waals surface area contributed by atoms with Crippen molar-refractivity contribution in [1.29, 1.82) is 0 Å². The molecule has 17 nitrogen and oxygen atoms in total. The molecule has 0 bridgehead atoms. The largest absolute Gasteiger partial charge is 0.472 e. The van der Waals surface area contributed by atoms with Gasteiger partial charge in [0.2, 0.25) is 0 Å². The molecule has 0 saturated carbocycles. The maximum Gasteiger partial charge on any atom is 0.472 e. The van der Waals surface area contributed by atoms with Crippen LogP contribution in [0, 0.1) is 0 Å². The number of ether oxygens (including phenoxy) is 4. The second-order valence-corrected chi connectivity index (χ2v) is 28.1. The number of aliphatic hydroxyl groups excluding tert-OH is 1. The van der Waals surface area contributed by atoms with E-state index in [0.29, 0.717) is 32.1 Å².